The van der Waals surface area contributed by atoms with Crippen LogP contribution in [0.3, 0.4) is 0 Å². The van der Waals surface area contributed by atoms with Crippen LogP contribution in [-0.4, -0.2) is 34.8 Å². The Morgan fingerprint density at radius 3 is 2.83 bits per heavy atom. The Labute approximate surface area is 150 Å². The van der Waals surface area contributed by atoms with Crippen LogP contribution in [0.25, 0.3) is 5.69 Å². The molecule has 1 aromatic carbocycles. The second-order valence-electron chi connectivity index (χ2n) is 5.26. The van der Waals surface area contributed by atoms with Crippen LogP contribution in [0.15, 0.2) is 30.5 Å². The number of hydrogen-bond acceptors (Lipinski definition) is 3. The Morgan fingerprint density at radius 2 is 2.13 bits per heavy atom. The average molecular weight is 376 g/mol. The molecule has 8 heteroatoms. The zero-order valence-electron chi connectivity index (χ0n) is 12.3. The number of halogens is 3. The molecule has 124 valence electrons. The molecule has 0 radical (unpaired) electrons. The first-order valence-electron chi connectivity index (χ1n) is 7.16. The fraction of sp³-hybridized carbons (Fsp3) is 0.333. The number of nitrogens with zero attached hydrogens (tertiary/aromatic N) is 2. The number of benzene rings is 1. The van der Waals surface area contributed by atoms with Gasteiger partial charge >= 0.3 is 0 Å². The van der Waals surface area contributed by atoms with Crippen molar-refractivity contribution in [2.24, 2.45) is 0 Å². The molecule has 1 amide bonds. The van der Waals surface area contributed by atoms with Gasteiger partial charge in [-0.1, -0.05) is 23.2 Å². The van der Waals surface area contributed by atoms with Crippen LogP contribution in [-0.2, 0) is 0 Å². The number of rotatable bonds is 3. The summed E-state index contributed by atoms with van der Waals surface area (Å²) in [6.45, 7) is 1.82. The van der Waals surface area contributed by atoms with Crippen molar-refractivity contribution in [1.82, 2.24) is 20.4 Å². The van der Waals surface area contributed by atoms with Crippen LogP contribution in [0.5, 0.6) is 0 Å². The van der Waals surface area contributed by atoms with Gasteiger partial charge in [-0.05, 0) is 43.7 Å². The number of piperidine rings is 1. The lowest BCUT2D eigenvalue weighted by molar-refractivity contribution is 0.0925. The summed E-state index contributed by atoms with van der Waals surface area (Å²) in [6.07, 6.45) is 3.79. The number of amides is 1. The molecule has 0 aliphatic carbocycles. The van der Waals surface area contributed by atoms with E-state index in [4.69, 9.17) is 23.2 Å². The largest absolute Gasteiger partial charge is 0.347 e. The highest BCUT2D eigenvalue weighted by atomic mass is 35.5. The number of aromatic nitrogens is 2. The highest BCUT2D eigenvalue weighted by Gasteiger charge is 2.18. The van der Waals surface area contributed by atoms with Gasteiger partial charge in [0.25, 0.3) is 5.91 Å². The van der Waals surface area contributed by atoms with E-state index in [1.165, 1.54) is 0 Å². The van der Waals surface area contributed by atoms with Crippen LogP contribution in [0.4, 0.5) is 0 Å². The zero-order valence-corrected chi connectivity index (χ0v) is 14.6. The Hall–Kier alpha value is -1.27. The van der Waals surface area contributed by atoms with Crippen LogP contribution in [0.2, 0.25) is 10.0 Å². The summed E-state index contributed by atoms with van der Waals surface area (Å²) < 4.78 is 1.61. The molecule has 0 saturated carbocycles. The third kappa shape index (κ3) is 4.38. The maximum absolute atomic E-state index is 12.2. The number of carbonyl (C=O) groups is 1. The van der Waals surface area contributed by atoms with Gasteiger partial charge in [0.05, 0.1) is 15.7 Å². The minimum atomic E-state index is -0.160. The summed E-state index contributed by atoms with van der Waals surface area (Å²) in [4.78, 5) is 12.2. The molecule has 1 aliphatic heterocycles. The minimum Gasteiger partial charge on any atom is -0.347 e. The summed E-state index contributed by atoms with van der Waals surface area (Å²) >= 11 is 11.9. The third-order valence-corrected chi connectivity index (χ3v) is 4.36. The van der Waals surface area contributed by atoms with Crippen LogP contribution >= 0.6 is 35.6 Å². The molecule has 2 N–H and O–H groups in total. The molecule has 1 fully saturated rings. The molecule has 23 heavy (non-hydrogen) atoms. The quantitative estimate of drug-likeness (QED) is 0.867. The Bertz CT molecular complexity index is 683. The fourth-order valence-electron chi connectivity index (χ4n) is 2.45. The van der Waals surface area contributed by atoms with Crippen molar-refractivity contribution < 1.29 is 4.79 Å². The predicted molar refractivity (Wildman–Crippen MR) is 94.2 cm³/mol. The van der Waals surface area contributed by atoms with E-state index in [1.807, 2.05) is 0 Å². The molecule has 1 atom stereocenters. The molecule has 1 saturated heterocycles. The van der Waals surface area contributed by atoms with Crippen LogP contribution in [0, 0.1) is 0 Å². The lowest BCUT2D eigenvalue weighted by Gasteiger charge is -2.23. The van der Waals surface area contributed by atoms with Gasteiger partial charge in [0, 0.05) is 18.8 Å². The standard InChI is InChI=1S/C15H16Cl2N4O.ClH/c16-12-4-3-11(8-13(12)17)21-7-5-14(20-21)15(22)19-10-2-1-6-18-9-10;/h3-5,7-8,10,18H,1-2,6,9H2,(H,19,22);1H/t10-;/m0./s1. The van der Waals surface area contributed by atoms with Crippen molar-refractivity contribution in [3.8, 4) is 5.69 Å². The molecular formula is C15H17Cl3N4O. The Morgan fingerprint density at radius 1 is 1.30 bits per heavy atom. The lowest BCUT2D eigenvalue weighted by Crippen LogP contribution is -2.45. The second-order valence-corrected chi connectivity index (χ2v) is 6.08. The average Bonchev–Trinajstić information content (AvgIpc) is 3.01. The monoisotopic (exact) mass is 374 g/mol. The van der Waals surface area contributed by atoms with Gasteiger partial charge in [0.1, 0.15) is 0 Å². The topological polar surface area (TPSA) is 59.0 Å². The molecule has 2 aromatic rings. The summed E-state index contributed by atoms with van der Waals surface area (Å²) in [7, 11) is 0. The number of nitrogens with one attached hydrogen (secondary N) is 2. The Balaban J connectivity index is 0.00000192. The number of carbonyl (C=O) groups excluding carboxylic acids is 1. The predicted octanol–water partition coefficient (Wildman–Crippen LogP) is 3.08. The smallest absolute Gasteiger partial charge is 0.272 e. The van der Waals surface area contributed by atoms with Gasteiger partial charge in [0.2, 0.25) is 0 Å². The van der Waals surface area contributed by atoms with Gasteiger partial charge in [-0.25, -0.2) is 4.68 Å². The van der Waals surface area contributed by atoms with Crippen molar-refractivity contribution in [3.05, 3.63) is 46.2 Å². The van der Waals surface area contributed by atoms with Crippen molar-refractivity contribution in [2.45, 2.75) is 18.9 Å². The maximum Gasteiger partial charge on any atom is 0.272 e. The summed E-state index contributed by atoms with van der Waals surface area (Å²) in [5.74, 6) is -0.160. The minimum absolute atomic E-state index is 0. The maximum atomic E-state index is 12.2. The molecular weight excluding hydrogens is 359 g/mol. The van der Waals surface area contributed by atoms with Crippen molar-refractivity contribution in [2.75, 3.05) is 13.1 Å². The SMILES string of the molecule is Cl.O=C(N[C@H]1CCCNC1)c1ccn(-c2ccc(Cl)c(Cl)c2)n1. The van der Waals surface area contributed by atoms with Crippen molar-refractivity contribution >= 4 is 41.5 Å². The van der Waals surface area contributed by atoms with Crippen molar-refractivity contribution in [1.29, 1.82) is 0 Å². The van der Waals surface area contributed by atoms with Crippen LogP contribution < -0.4 is 10.6 Å². The van der Waals surface area contributed by atoms with E-state index in [-0.39, 0.29) is 24.4 Å². The van der Waals surface area contributed by atoms with Gasteiger partial charge in [0.15, 0.2) is 5.69 Å². The van der Waals surface area contributed by atoms with E-state index in [0.717, 1.165) is 31.6 Å². The van der Waals surface area contributed by atoms with E-state index in [1.54, 1.807) is 35.1 Å². The fourth-order valence-corrected chi connectivity index (χ4v) is 2.74. The third-order valence-electron chi connectivity index (χ3n) is 3.62. The first-order valence-corrected chi connectivity index (χ1v) is 7.92. The highest BCUT2D eigenvalue weighted by molar-refractivity contribution is 6.42. The van der Waals surface area contributed by atoms with Gasteiger partial charge in [-0.3, -0.25) is 4.79 Å². The molecule has 1 aliphatic rings. The number of hydrogen-bond donors (Lipinski definition) is 2. The van der Waals surface area contributed by atoms with Crippen molar-refractivity contribution in [3.63, 3.8) is 0 Å². The van der Waals surface area contributed by atoms with E-state index in [9.17, 15) is 4.79 Å². The second kappa shape index (κ2) is 8.02. The first-order chi connectivity index (χ1) is 10.6. The molecule has 5 nitrogen and oxygen atoms in total. The van der Waals surface area contributed by atoms with E-state index in [0.29, 0.717) is 15.7 Å². The molecule has 1 aromatic heterocycles. The molecule has 0 bridgehead atoms. The molecule has 0 spiro atoms. The summed E-state index contributed by atoms with van der Waals surface area (Å²) in [5.41, 5.74) is 1.14. The lowest BCUT2D eigenvalue weighted by atomic mass is 10.1. The summed E-state index contributed by atoms with van der Waals surface area (Å²) in [6, 6.07) is 7.07. The normalized spacial score (nSPS) is 17.4. The zero-order chi connectivity index (χ0) is 15.5. The summed E-state index contributed by atoms with van der Waals surface area (Å²) in [5, 5.41) is 11.5. The van der Waals surface area contributed by atoms with Crippen LogP contribution in [0.1, 0.15) is 23.3 Å². The van der Waals surface area contributed by atoms with E-state index in [2.05, 4.69) is 15.7 Å². The molecule has 3 rings (SSSR count). The molecule has 0 unspecified atom stereocenters. The first kappa shape index (κ1) is 18.1. The highest BCUT2D eigenvalue weighted by Crippen LogP contribution is 2.24. The Kier molecular flexibility index (Phi) is 6.30. The van der Waals surface area contributed by atoms with Gasteiger partial charge in [-0.2, -0.15) is 5.10 Å². The van der Waals surface area contributed by atoms with E-state index >= 15 is 0 Å². The van der Waals surface area contributed by atoms with E-state index < -0.39 is 0 Å². The van der Waals surface area contributed by atoms with Gasteiger partial charge in [-0.15, -0.1) is 12.4 Å². The van der Waals surface area contributed by atoms with Gasteiger partial charge < -0.3 is 10.6 Å². The molecule has 2 heterocycles.